The van der Waals surface area contributed by atoms with Gasteiger partial charge in [0.2, 0.25) is 0 Å². The summed E-state index contributed by atoms with van der Waals surface area (Å²) in [7, 11) is 1.41. The number of alkyl halides is 1. The molecule has 1 atom stereocenters. The molecule has 0 aliphatic carbocycles. The van der Waals surface area contributed by atoms with Crippen LogP contribution in [0.1, 0.15) is 17.3 Å². The molecule has 0 amide bonds. The number of hydrogen-bond donors (Lipinski definition) is 0. The Hall–Kier alpha value is -1.43. The van der Waals surface area contributed by atoms with Crippen molar-refractivity contribution in [3.05, 3.63) is 33.9 Å². The summed E-state index contributed by atoms with van der Waals surface area (Å²) in [6.07, 6.45) is 0. The van der Waals surface area contributed by atoms with Crippen molar-refractivity contribution in [2.75, 3.05) is 7.11 Å². The molecule has 0 N–H and O–H groups in total. The van der Waals surface area contributed by atoms with Crippen LogP contribution in [-0.2, 0) is 4.79 Å². The smallest absolute Gasteiger partial charge is 0.273 e. The highest BCUT2D eigenvalue weighted by Gasteiger charge is 2.19. The number of rotatable bonds is 4. The second-order valence-electron chi connectivity index (χ2n) is 3.16. The molecular weight excluding hydrogens is 278 g/mol. The number of methoxy groups -OCH3 is 1. The number of nitrogens with zero attached hydrogens (tertiary/aromatic N) is 1. The zero-order valence-corrected chi connectivity index (χ0v) is 10.4. The van der Waals surface area contributed by atoms with Gasteiger partial charge in [0.15, 0.2) is 0 Å². The number of hydrogen-bond acceptors (Lipinski definition) is 4. The number of ketones is 1. The molecule has 6 heteroatoms. The normalized spacial score (nSPS) is 11.9. The molecule has 16 heavy (non-hydrogen) atoms. The average Bonchev–Trinajstić information content (AvgIpc) is 2.26. The fourth-order valence-electron chi connectivity index (χ4n) is 1.24. The summed E-state index contributed by atoms with van der Waals surface area (Å²) in [5.41, 5.74) is 0.518. The molecule has 0 aliphatic heterocycles. The first-order chi connectivity index (χ1) is 7.47. The maximum absolute atomic E-state index is 11.2. The molecule has 0 spiro atoms. The minimum atomic E-state index is -0.511. The summed E-state index contributed by atoms with van der Waals surface area (Å²) in [6.45, 7) is 1.43. The van der Waals surface area contributed by atoms with Crippen molar-refractivity contribution < 1.29 is 14.5 Å². The van der Waals surface area contributed by atoms with Gasteiger partial charge in [-0.25, -0.2) is 0 Å². The molecule has 0 heterocycles. The monoisotopic (exact) mass is 287 g/mol. The third-order valence-electron chi connectivity index (χ3n) is 2.06. The summed E-state index contributed by atoms with van der Waals surface area (Å²) in [5, 5.41) is 10.6. The number of nitro groups is 1. The standard InChI is InChI=1S/C10H10BrNO4/c1-6(13)10(11)8-4-3-7(12(14)15)5-9(8)16-2/h3-5,10H,1-2H3. The number of halogens is 1. The Labute approximate surface area is 101 Å². The first-order valence-corrected chi connectivity index (χ1v) is 5.35. The average molecular weight is 288 g/mol. The van der Waals surface area contributed by atoms with Gasteiger partial charge in [0.05, 0.1) is 18.1 Å². The van der Waals surface area contributed by atoms with Crippen LogP contribution in [0.4, 0.5) is 5.69 Å². The molecule has 0 aromatic heterocycles. The van der Waals surface area contributed by atoms with E-state index in [9.17, 15) is 14.9 Å². The highest BCUT2D eigenvalue weighted by atomic mass is 79.9. The van der Waals surface area contributed by atoms with Crippen LogP contribution < -0.4 is 4.74 Å². The van der Waals surface area contributed by atoms with Crippen LogP contribution in [0.2, 0.25) is 0 Å². The summed E-state index contributed by atoms with van der Waals surface area (Å²) in [6, 6.07) is 4.15. The Morgan fingerprint density at radius 1 is 1.56 bits per heavy atom. The molecule has 0 saturated heterocycles. The predicted molar refractivity (Wildman–Crippen MR) is 62.0 cm³/mol. The largest absolute Gasteiger partial charge is 0.496 e. The first kappa shape index (κ1) is 12.6. The van der Waals surface area contributed by atoms with E-state index in [1.165, 1.54) is 32.2 Å². The van der Waals surface area contributed by atoms with Crippen molar-refractivity contribution in [1.29, 1.82) is 0 Å². The first-order valence-electron chi connectivity index (χ1n) is 4.44. The molecule has 86 valence electrons. The number of carbonyl (C=O) groups is 1. The highest BCUT2D eigenvalue weighted by molar-refractivity contribution is 9.09. The van der Waals surface area contributed by atoms with Crippen LogP contribution in [0.5, 0.6) is 5.75 Å². The lowest BCUT2D eigenvalue weighted by Gasteiger charge is -2.11. The van der Waals surface area contributed by atoms with Gasteiger partial charge in [0, 0.05) is 11.6 Å². The van der Waals surface area contributed by atoms with Crippen LogP contribution in [0.15, 0.2) is 18.2 Å². The van der Waals surface area contributed by atoms with Crippen LogP contribution in [0.3, 0.4) is 0 Å². The minimum Gasteiger partial charge on any atom is -0.496 e. The number of Topliss-reactive ketones (excluding diaryl/α,β-unsaturated/α-hetero) is 1. The number of ether oxygens (including phenoxy) is 1. The third kappa shape index (κ3) is 2.57. The van der Waals surface area contributed by atoms with E-state index in [0.717, 1.165) is 0 Å². The van der Waals surface area contributed by atoms with E-state index >= 15 is 0 Å². The van der Waals surface area contributed by atoms with E-state index < -0.39 is 9.75 Å². The van der Waals surface area contributed by atoms with Gasteiger partial charge in [-0.1, -0.05) is 15.9 Å². The van der Waals surface area contributed by atoms with Crippen LogP contribution in [-0.4, -0.2) is 17.8 Å². The lowest BCUT2D eigenvalue weighted by atomic mass is 10.1. The Kier molecular flexibility index (Phi) is 4.00. The van der Waals surface area contributed by atoms with Crippen molar-refractivity contribution in [3.63, 3.8) is 0 Å². The van der Waals surface area contributed by atoms with Gasteiger partial charge in [-0.2, -0.15) is 0 Å². The number of carbonyl (C=O) groups excluding carboxylic acids is 1. The molecule has 0 bridgehead atoms. The topological polar surface area (TPSA) is 69.4 Å². The molecule has 1 rings (SSSR count). The van der Waals surface area contributed by atoms with Crippen LogP contribution in [0.25, 0.3) is 0 Å². The lowest BCUT2D eigenvalue weighted by Crippen LogP contribution is -2.03. The Morgan fingerprint density at radius 2 is 2.19 bits per heavy atom. The molecule has 0 radical (unpaired) electrons. The molecule has 1 aromatic rings. The van der Waals surface area contributed by atoms with Gasteiger partial charge in [0.1, 0.15) is 16.4 Å². The SMILES string of the molecule is COc1cc([N+](=O)[O-])ccc1C(Br)C(C)=O. The fraction of sp³-hybridized carbons (Fsp3) is 0.300. The van der Waals surface area contributed by atoms with Gasteiger partial charge in [0.25, 0.3) is 5.69 Å². The van der Waals surface area contributed by atoms with E-state index in [4.69, 9.17) is 4.74 Å². The van der Waals surface area contributed by atoms with Crippen LogP contribution >= 0.6 is 15.9 Å². The van der Waals surface area contributed by atoms with Crippen molar-refractivity contribution in [2.45, 2.75) is 11.8 Å². The summed E-state index contributed by atoms with van der Waals surface area (Å²) in [4.78, 5) is 20.7. The second-order valence-corrected chi connectivity index (χ2v) is 4.07. The quantitative estimate of drug-likeness (QED) is 0.485. The predicted octanol–water partition coefficient (Wildman–Crippen LogP) is 2.63. The van der Waals surface area contributed by atoms with E-state index in [2.05, 4.69) is 15.9 Å². The molecule has 0 aliphatic rings. The zero-order valence-electron chi connectivity index (χ0n) is 8.77. The second kappa shape index (κ2) is 5.07. The zero-order chi connectivity index (χ0) is 12.3. The highest BCUT2D eigenvalue weighted by Crippen LogP contribution is 2.34. The molecule has 0 saturated carbocycles. The van der Waals surface area contributed by atoms with Gasteiger partial charge >= 0.3 is 0 Å². The summed E-state index contributed by atoms with van der Waals surface area (Å²) < 4.78 is 5.02. The lowest BCUT2D eigenvalue weighted by molar-refractivity contribution is -0.384. The van der Waals surface area contributed by atoms with Gasteiger partial charge < -0.3 is 4.74 Å². The number of non-ortho nitro benzene ring substituents is 1. The Morgan fingerprint density at radius 3 is 2.62 bits per heavy atom. The van der Waals surface area contributed by atoms with Crippen molar-refractivity contribution >= 4 is 27.4 Å². The number of nitro benzene ring substituents is 1. The molecule has 1 unspecified atom stereocenters. The van der Waals surface area contributed by atoms with E-state index in [1.54, 1.807) is 0 Å². The maximum atomic E-state index is 11.2. The molecule has 1 aromatic carbocycles. The van der Waals surface area contributed by atoms with Gasteiger partial charge in [-0.15, -0.1) is 0 Å². The molecule has 5 nitrogen and oxygen atoms in total. The van der Waals surface area contributed by atoms with Crippen molar-refractivity contribution in [1.82, 2.24) is 0 Å². The van der Waals surface area contributed by atoms with Crippen molar-refractivity contribution in [2.24, 2.45) is 0 Å². The van der Waals surface area contributed by atoms with E-state index in [0.29, 0.717) is 11.3 Å². The van der Waals surface area contributed by atoms with Gasteiger partial charge in [-0.05, 0) is 13.0 Å². The molecular formula is C10H10BrNO4. The fourth-order valence-corrected chi connectivity index (χ4v) is 1.62. The van der Waals surface area contributed by atoms with E-state index in [1.807, 2.05) is 0 Å². The number of benzene rings is 1. The maximum Gasteiger partial charge on any atom is 0.273 e. The third-order valence-corrected chi connectivity index (χ3v) is 3.20. The minimum absolute atomic E-state index is 0.0659. The Balaban J connectivity index is 3.21. The van der Waals surface area contributed by atoms with Crippen LogP contribution in [0, 0.1) is 10.1 Å². The van der Waals surface area contributed by atoms with Gasteiger partial charge in [-0.3, -0.25) is 14.9 Å². The summed E-state index contributed by atoms with van der Waals surface area (Å²) >= 11 is 3.20. The molecule has 0 fully saturated rings. The van der Waals surface area contributed by atoms with Crippen molar-refractivity contribution in [3.8, 4) is 5.75 Å². The Bertz CT molecular complexity index is 433. The summed E-state index contributed by atoms with van der Waals surface area (Å²) in [5.74, 6) is 0.235. The van der Waals surface area contributed by atoms with E-state index in [-0.39, 0.29) is 11.5 Å².